The predicted molar refractivity (Wildman–Crippen MR) is 70.9 cm³/mol. The van der Waals surface area contributed by atoms with Crippen molar-refractivity contribution in [2.75, 3.05) is 0 Å². The Morgan fingerprint density at radius 3 is 2.20 bits per heavy atom. The third kappa shape index (κ3) is 9.92. The monoisotopic (exact) mass is 226 g/mol. The molecule has 0 unspecified atom stereocenters. The number of carbonyl (C=O) groups excluding carboxylic acids is 1. The Kier molecular flexibility index (Phi) is 6.82. The maximum absolute atomic E-state index is 10.5. The van der Waals surface area contributed by atoms with Crippen molar-refractivity contribution in [3.05, 3.63) is 12.2 Å². The fourth-order valence-corrected chi connectivity index (χ4v) is 2.43. The summed E-state index contributed by atoms with van der Waals surface area (Å²) in [5.41, 5.74) is 0. The summed E-state index contributed by atoms with van der Waals surface area (Å²) in [6, 6.07) is 1.27. The molecule has 2 heteroatoms. The van der Waals surface area contributed by atoms with Gasteiger partial charge < -0.3 is 4.79 Å². The van der Waals surface area contributed by atoms with E-state index >= 15 is 0 Å². The first-order valence-corrected chi connectivity index (χ1v) is 9.66. The van der Waals surface area contributed by atoms with Crippen molar-refractivity contribution in [3.63, 3.8) is 0 Å². The SMILES string of the molecule is C[C@H](C/C=C\C[Si](C)(C)C)C[C@@H](C)C=O. The number of hydrogen-bond donors (Lipinski definition) is 0. The van der Waals surface area contributed by atoms with Crippen LogP contribution in [0.15, 0.2) is 12.2 Å². The molecule has 0 heterocycles. The lowest BCUT2D eigenvalue weighted by Crippen LogP contribution is -2.17. The minimum Gasteiger partial charge on any atom is -0.303 e. The van der Waals surface area contributed by atoms with E-state index in [1.165, 1.54) is 6.04 Å². The quantitative estimate of drug-likeness (QED) is 0.362. The first-order valence-electron chi connectivity index (χ1n) is 5.95. The third-order valence-corrected chi connectivity index (χ3v) is 3.90. The van der Waals surface area contributed by atoms with Gasteiger partial charge in [-0.25, -0.2) is 0 Å². The van der Waals surface area contributed by atoms with Gasteiger partial charge in [0.25, 0.3) is 0 Å². The van der Waals surface area contributed by atoms with Crippen LogP contribution in [0, 0.1) is 11.8 Å². The second-order valence-corrected chi connectivity index (χ2v) is 11.5. The van der Waals surface area contributed by atoms with E-state index in [4.69, 9.17) is 0 Å². The summed E-state index contributed by atoms with van der Waals surface area (Å²) < 4.78 is 0. The maximum atomic E-state index is 10.5. The summed E-state index contributed by atoms with van der Waals surface area (Å²) in [5.74, 6) is 0.841. The van der Waals surface area contributed by atoms with Crippen LogP contribution in [-0.4, -0.2) is 14.4 Å². The second-order valence-electron chi connectivity index (χ2n) is 5.93. The van der Waals surface area contributed by atoms with Gasteiger partial charge in [-0.1, -0.05) is 45.6 Å². The largest absolute Gasteiger partial charge is 0.303 e. The van der Waals surface area contributed by atoms with Crippen LogP contribution >= 0.6 is 0 Å². The molecule has 0 amide bonds. The summed E-state index contributed by atoms with van der Waals surface area (Å²) in [4.78, 5) is 10.5. The minimum atomic E-state index is -0.911. The van der Waals surface area contributed by atoms with Crippen LogP contribution in [0.4, 0.5) is 0 Å². The maximum Gasteiger partial charge on any atom is 0.122 e. The number of rotatable bonds is 7. The molecule has 0 spiro atoms. The first-order chi connectivity index (χ1) is 6.85. The third-order valence-electron chi connectivity index (χ3n) is 2.44. The highest BCUT2D eigenvalue weighted by Gasteiger charge is 2.10. The Labute approximate surface area is 96.0 Å². The molecule has 2 atom stereocenters. The average molecular weight is 226 g/mol. The summed E-state index contributed by atoms with van der Waals surface area (Å²) >= 11 is 0. The Balaban J connectivity index is 3.71. The van der Waals surface area contributed by atoms with Gasteiger partial charge in [0, 0.05) is 14.0 Å². The lowest BCUT2D eigenvalue weighted by molar-refractivity contribution is -0.111. The normalized spacial score (nSPS) is 16.6. The van der Waals surface area contributed by atoms with Gasteiger partial charge in [-0.05, 0) is 24.8 Å². The zero-order valence-corrected chi connectivity index (χ0v) is 11.9. The molecule has 0 rings (SSSR count). The van der Waals surface area contributed by atoms with Crippen molar-refractivity contribution < 1.29 is 4.79 Å². The predicted octanol–water partition coefficient (Wildman–Crippen LogP) is 4.13. The molecule has 88 valence electrons. The van der Waals surface area contributed by atoms with E-state index in [0.29, 0.717) is 5.92 Å². The van der Waals surface area contributed by atoms with Crippen LogP contribution in [-0.2, 0) is 4.79 Å². The lowest BCUT2D eigenvalue weighted by Gasteiger charge is -2.13. The topological polar surface area (TPSA) is 17.1 Å². The molecule has 0 fully saturated rings. The molecular weight excluding hydrogens is 200 g/mol. The van der Waals surface area contributed by atoms with Crippen LogP contribution in [0.1, 0.15) is 26.7 Å². The Hall–Kier alpha value is -0.373. The number of carbonyl (C=O) groups is 1. The van der Waals surface area contributed by atoms with E-state index in [-0.39, 0.29) is 5.92 Å². The van der Waals surface area contributed by atoms with Gasteiger partial charge in [-0.2, -0.15) is 0 Å². The molecular formula is C13H26OSi. The lowest BCUT2D eigenvalue weighted by atomic mass is 9.96. The van der Waals surface area contributed by atoms with Gasteiger partial charge in [-0.15, -0.1) is 0 Å². The molecule has 0 saturated carbocycles. The highest BCUT2D eigenvalue weighted by molar-refractivity contribution is 6.76. The molecule has 0 aromatic carbocycles. The fourth-order valence-electron chi connectivity index (χ4n) is 1.55. The van der Waals surface area contributed by atoms with Crippen LogP contribution in [0.2, 0.25) is 25.7 Å². The van der Waals surface area contributed by atoms with Gasteiger partial charge in [0.15, 0.2) is 0 Å². The van der Waals surface area contributed by atoms with E-state index in [1.807, 2.05) is 6.92 Å². The molecule has 0 aromatic rings. The first kappa shape index (κ1) is 14.6. The highest BCUT2D eigenvalue weighted by Crippen LogP contribution is 2.15. The summed E-state index contributed by atoms with van der Waals surface area (Å²) in [6.45, 7) is 11.4. The van der Waals surface area contributed by atoms with E-state index < -0.39 is 8.07 Å². The molecule has 15 heavy (non-hydrogen) atoms. The van der Waals surface area contributed by atoms with E-state index in [1.54, 1.807) is 0 Å². The van der Waals surface area contributed by atoms with Gasteiger partial charge in [0.05, 0.1) is 0 Å². The van der Waals surface area contributed by atoms with Crippen LogP contribution in [0.25, 0.3) is 0 Å². The molecule has 0 aliphatic heterocycles. The minimum absolute atomic E-state index is 0.213. The van der Waals surface area contributed by atoms with Gasteiger partial charge in [0.1, 0.15) is 6.29 Å². The molecule has 0 aliphatic carbocycles. The van der Waals surface area contributed by atoms with E-state index in [9.17, 15) is 4.79 Å². The molecule has 0 N–H and O–H groups in total. The van der Waals surface area contributed by atoms with E-state index in [0.717, 1.165) is 19.1 Å². The molecule has 0 radical (unpaired) electrons. The van der Waals surface area contributed by atoms with Crippen molar-refractivity contribution in [2.24, 2.45) is 11.8 Å². The average Bonchev–Trinajstić information content (AvgIpc) is 2.11. The molecule has 1 nitrogen and oxygen atoms in total. The van der Waals surface area contributed by atoms with Crippen LogP contribution in [0.3, 0.4) is 0 Å². The summed E-state index contributed by atoms with van der Waals surface area (Å²) in [5, 5.41) is 0. The zero-order valence-electron chi connectivity index (χ0n) is 10.9. The van der Waals surface area contributed by atoms with Gasteiger partial charge >= 0.3 is 0 Å². The molecule has 0 saturated heterocycles. The fraction of sp³-hybridized carbons (Fsp3) is 0.769. The summed E-state index contributed by atoms with van der Waals surface area (Å²) in [7, 11) is -0.911. The molecule has 0 aromatic heterocycles. The smallest absolute Gasteiger partial charge is 0.122 e. The van der Waals surface area contributed by atoms with E-state index in [2.05, 4.69) is 38.7 Å². The standard InChI is InChI=1S/C13H26OSi/c1-12(10-13(2)11-14)8-6-7-9-15(3,4)5/h6-7,11-13H,8-10H2,1-5H3/b7-6-/t12-,13-/m1/s1. The Morgan fingerprint density at radius 2 is 1.73 bits per heavy atom. The number of allylic oxidation sites excluding steroid dienone is 2. The van der Waals surface area contributed by atoms with Gasteiger partial charge in [-0.3, -0.25) is 0 Å². The van der Waals surface area contributed by atoms with Crippen molar-refractivity contribution in [1.82, 2.24) is 0 Å². The van der Waals surface area contributed by atoms with Crippen LogP contribution in [0.5, 0.6) is 0 Å². The number of hydrogen-bond acceptors (Lipinski definition) is 1. The number of aldehydes is 1. The Morgan fingerprint density at radius 1 is 1.13 bits per heavy atom. The van der Waals surface area contributed by atoms with Crippen LogP contribution < -0.4 is 0 Å². The van der Waals surface area contributed by atoms with Crippen molar-refractivity contribution in [3.8, 4) is 0 Å². The van der Waals surface area contributed by atoms with Crippen molar-refractivity contribution >= 4 is 14.4 Å². The van der Waals surface area contributed by atoms with Crippen molar-refractivity contribution in [1.29, 1.82) is 0 Å². The second kappa shape index (κ2) is 6.99. The van der Waals surface area contributed by atoms with Gasteiger partial charge in [0.2, 0.25) is 0 Å². The highest BCUT2D eigenvalue weighted by atomic mass is 28.3. The molecule has 0 aliphatic rings. The Bertz CT molecular complexity index is 203. The zero-order chi connectivity index (χ0) is 11.9. The summed E-state index contributed by atoms with van der Waals surface area (Å²) in [6.07, 6.45) is 7.81. The van der Waals surface area contributed by atoms with Crippen molar-refractivity contribution in [2.45, 2.75) is 52.4 Å². The molecule has 0 bridgehead atoms.